The van der Waals surface area contributed by atoms with E-state index in [-0.39, 0.29) is 0 Å². The zero-order chi connectivity index (χ0) is 38.6. The molecule has 0 fully saturated rings. The molecule has 0 spiro atoms. The molecule has 1 unspecified atom stereocenters. The van der Waals surface area contributed by atoms with Gasteiger partial charge in [-0.15, -0.1) is 0 Å². The first kappa shape index (κ1) is 33.9. The number of benzene rings is 7. The summed E-state index contributed by atoms with van der Waals surface area (Å²) in [5, 5.41) is 5.80. The molecule has 0 N–H and O–H groups in total. The van der Waals surface area contributed by atoms with Gasteiger partial charge in [0.05, 0.1) is 33.6 Å². The second kappa shape index (κ2) is 13.9. The third-order valence-corrected chi connectivity index (χ3v) is 11.5. The van der Waals surface area contributed by atoms with Crippen LogP contribution in [0.15, 0.2) is 194 Å². The predicted molar refractivity (Wildman–Crippen MR) is 242 cm³/mol. The summed E-state index contributed by atoms with van der Waals surface area (Å²) in [7, 11) is 0. The average molecular weight is 743 g/mol. The molecule has 0 bridgehead atoms. The number of hydrogen-bond donors (Lipinski definition) is 0. The zero-order valence-corrected chi connectivity index (χ0v) is 32.0. The van der Waals surface area contributed by atoms with Crippen molar-refractivity contribution in [2.24, 2.45) is 5.92 Å². The van der Waals surface area contributed by atoms with Crippen molar-refractivity contribution in [3.05, 3.63) is 200 Å². The van der Waals surface area contributed by atoms with Crippen LogP contribution < -0.4 is 0 Å². The van der Waals surface area contributed by atoms with Gasteiger partial charge < -0.3 is 4.57 Å². The number of hydrogen-bond acceptors (Lipinski definition) is 3. The molecule has 0 saturated carbocycles. The Balaban J connectivity index is 1.07. The first-order valence-electron chi connectivity index (χ1n) is 20.0. The van der Waals surface area contributed by atoms with Gasteiger partial charge >= 0.3 is 0 Å². The van der Waals surface area contributed by atoms with Crippen molar-refractivity contribution in [1.82, 2.24) is 19.5 Å². The third kappa shape index (κ3) is 5.89. The monoisotopic (exact) mass is 742 g/mol. The fourth-order valence-electron chi connectivity index (χ4n) is 8.65. The summed E-state index contributed by atoms with van der Waals surface area (Å²) in [6, 6.07) is 62.4. The summed E-state index contributed by atoms with van der Waals surface area (Å²) >= 11 is 0. The van der Waals surface area contributed by atoms with E-state index in [2.05, 4.69) is 200 Å². The Hall–Kier alpha value is -7.43. The number of para-hydroxylation sites is 2. The zero-order valence-electron chi connectivity index (χ0n) is 32.0. The van der Waals surface area contributed by atoms with Crippen molar-refractivity contribution < 1.29 is 0 Å². The number of rotatable bonds is 6. The van der Waals surface area contributed by atoms with Crippen LogP contribution in [0.2, 0.25) is 0 Å². The van der Waals surface area contributed by atoms with Crippen LogP contribution in [0.25, 0.3) is 99.9 Å². The standard InChI is InChI=1S/C54H38N4/c1-35-13-12-18-41(31-35)36-23-25-38(26-24-36)48-34-47(37-14-4-2-5-15-37)56-54(57-48)40-29-27-39(28-30-40)52-51-45-21-10-11-22-50(45)58(44-19-6-3-7-20-44)53(51)46-32-42-16-8-9-17-43(42)33-49(46)55-52/h2-30,32-35H,31H2,1H3. The van der Waals surface area contributed by atoms with E-state index >= 15 is 0 Å². The molecule has 1 aliphatic rings. The highest BCUT2D eigenvalue weighted by Crippen LogP contribution is 2.42. The molecule has 58 heavy (non-hydrogen) atoms. The van der Waals surface area contributed by atoms with Gasteiger partial charge in [0.15, 0.2) is 5.82 Å². The van der Waals surface area contributed by atoms with Crippen LogP contribution in [-0.4, -0.2) is 19.5 Å². The molecule has 0 aliphatic heterocycles. The minimum absolute atomic E-state index is 0.544. The molecule has 3 aromatic heterocycles. The van der Waals surface area contributed by atoms with E-state index in [0.29, 0.717) is 11.7 Å². The maximum atomic E-state index is 5.48. The molecule has 274 valence electrons. The van der Waals surface area contributed by atoms with Gasteiger partial charge in [-0.1, -0.05) is 165 Å². The van der Waals surface area contributed by atoms with E-state index in [1.807, 2.05) is 6.07 Å². The highest BCUT2D eigenvalue weighted by atomic mass is 15.0. The van der Waals surface area contributed by atoms with E-state index in [9.17, 15) is 0 Å². The van der Waals surface area contributed by atoms with E-state index < -0.39 is 0 Å². The maximum absolute atomic E-state index is 5.48. The van der Waals surface area contributed by atoms with E-state index in [1.54, 1.807) is 0 Å². The van der Waals surface area contributed by atoms with Crippen molar-refractivity contribution in [1.29, 1.82) is 0 Å². The first-order chi connectivity index (χ1) is 28.6. The lowest BCUT2D eigenvalue weighted by molar-refractivity contribution is 0.749. The van der Waals surface area contributed by atoms with Crippen molar-refractivity contribution in [2.45, 2.75) is 13.3 Å². The largest absolute Gasteiger partial charge is 0.308 e. The maximum Gasteiger partial charge on any atom is 0.160 e. The van der Waals surface area contributed by atoms with Crippen LogP contribution in [-0.2, 0) is 0 Å². The number of fused-ring (bicyclic) bond motifs is 6. The van der Waals surface area contributed by atoms with Crippen LogP contribution in [0.5, 0.6) is 0 Å². The van der Waals surface area contributed by atoms with Crippen molar-refractivity contribution in [2.75, 3.05) is 0 Å². The lowest BCUT2D eigenvalue weighted by Crippen LogP contribution is -1.98. The highest BCUT2D eigenvalue weighted by Gasteiger charge is 2.21. The molecule has 0 radical (unpaired) electrons. The van der Waals surface area contributed by atoms with Crippen LogP contribution >= 0.6 is 0 Å². The quantitative estimate of drug-likeness (QED) is 0.159. The molecule has 1 atom stereocenters. The predicted octanol–water partition coefficient (Wildman–Crippen LogP) is 13.9. The average Bonchev–Trinajstić information content (AvgIpc) is 3.64. The minimum atomic E-state index is 0.544. The van der Waals surface area contributed by atoms with Crippen LogP contribution in [0, 0.1) is 5.92 Å². The van der Waals surface area contributed by atoms with Gasteiger partial charge in [0, 0.05) is 44.1 Å². The topological polar surface area (TPSA) is 43.6 Å². The van der Waals surface area contributed by atoms with Gasteiger partial charge in [-0.2, -0.15) is 0 Å². The Kier molecular flexibility index (Phi) is 8.14. The third-order valence-electron chi connectivity index (χ3n) is 11.5. The van der Waals surface area contributed by atoms with Gasteiger partial charge in [0.25, 0.3) is 0 Å². The summed E-state index contributed by atoms with van der Waals surface area (Å²) in [5.74, 6) is 1.23. The number of pyridine rings is 1. The normalized spacial score (nSPS) is 14.1. The number of nitrogens with zero attached hydrogens (tertiary/aromatic N) is 4. The van der Waals surface area contributed by atoms with E-state index in [1.165, 1.54) is 27.3 Å². The molecule has 1 aliphatic carbocycles. The molecule has 11 rings (SSSR count). The summed E-state index contributed by atoms with van der Waals surface area (Å²) < 4.78 is 2.40. The Morgan fingerprint density at radius 2 is 1.12 bits per heavy atom. The van der Waals surface area contributed by atoms with Crippen LogP contribution in [0.4, 0.5) is 0 Å². The number of allylic oxidation sites excluding steroid dienone is 4. The SMILES string of the molecule is CC1C=CC=C(c2ccc(-c3cc(-c4ccccc4)nc(-c4ccc(-c5nc6cc7ccccc7cc6c6c5c5ccccc5n6-c5ccccc5)cc4)n3)cc2)C1. The second-order valence-corrected chi connectivity index (χ2v) is 15.3. The molecule has 4 nitrogen and oxygen atoms in total. The molecule has 3 heterocycles. The van der Waals surface area contributed by atoms with Crippen molar-refractivity contribution in [3.8, 4) is 50.8 Å². The van der Waals surface area contributed by atoms with Gasteiger partial charge in [-0.25, -0.2) is 15.0 Å². The Morgan fingerprint density at radius 1 is 0.517 bits per heavy atom. The molecule has 7 aromatic carbocycles. The van der Waals surface area contributed by atoms with Gasteiger partial charge in [-0.3, -0.25) is 0 Å². The molecule has 10 aromatic rings. The van der Waals surface area contributed by atoms with E-state index in [4.69, 9.17) is 15.0 Å². The van der Waals surface area contributed by atoms with Crippen molar-refractivity contribution >= 4 is 49.1 Å². The smallest absolute Gasteiger partial charge is 0.160 e. The molecule has 4 heteroatoms. The first-order valence-corrected chi connectivity index (χ1v) is 20.0. The van der Waals surface area contributed by atoms with Crippen LogP contribution in [0.1, 0.15) is 18.9 Å². The highest BCUT2D eigenvalue weighted by molar-refractivity contribution is 6.23. The molecule has 0 amide bonds. The van der Waals surface area contributed by atoms with E-state index in [0.717, 1.165) is 78.8 Å². The summed E-state index contributed by atoms with van der Waals surface area (Å²) in [6.45, 7) is 2.27. The fourth-order valence-corrected chi connectivity index (χ4v) is 8.65. The fraction of sp³-hybridized carbons (Fsp3) is 0.0556. The number of aromatic nitrogens is 4. The molecular formula is C54H38N4. The molecule has 0 saturated heterocycles. The van der Waals surface area contributed by atoms with Crippen molar-refractivity contribution in [3.63, 3.8) is 0 Å². The Morgan fingerprint density at radius 3 is 1.86 bits per heavy atom. The lowest BCUT2D eigenvalue weighted by atomic mass is 9.90. The van der Waals surface area contributed by atoms with Gasteiger partial charge in [-0.05, 0) is 70.6 Å². The Bertz CT molecular complexity index is 3230. The van der Waals surface area contributed by atoms with Crippen LogP contribution in [0.3, 0.4) is 0 Å². The lowest BCUT2D eigenvalue weighted by Gasteiger charge is -2.15. The summed E-state index contributed by atoms with van der Waals surface area (Å²) in [4.78, 5) is 15.8. The summed E-state index contributed by atoms with van der Waals surface area (Å²) in [5.41, 5.74) is 13.8. The van der Waals surface area contributed by atoms with Gasteiger partial charge in [0.1, 0.15) is 0 Å². The second-order valence-electron chi connectivity index (χ2n) is 15.3. The van der Waals surface area contributed by atoms with Gasteiger partial charge in [0.2, 0.25) is 0 Å². The molecular weight excluding hydrogens is 705 g/mol. The minimum Gasteiger partial charge on any atom is -0.308 e. The summed E-state index contributed by atoms with van der Waals surface area (Å²) in [6.07, 6.45) is 7.72. The Labute approximate surface area is 337 Å².